The Kier molecular flexibility index (Phi) is 9.07. The minimum atomic E-state index is -0.850. The molecule has 0 radical (unpaired) electrons. The summed E-state index contributed by atoms with van der Waals surface area (Å²) >= 11 is 0. The minimum Gasteiger partial charge on any atom is -0.423 e. The number of hydrogen-bond acceptors (Lipinski definition) is 2. The van der Waals surface area contributed by atoms with Crippen LogP contribution >= 0.6 is 0 Å². The zero-order valence-corrected chi connectivity index (χ0v) is 21.7. The van der Waals surface area contributed by atoms with Crippen molar-refractivity contribution in [3.05, 3.63) is 88.7 Å². The Morgan fingerprint density at radius 3 is 2.24 bits per heavy atom. The lowest BCUT2D eigenvalue weighted by molar-refractivity contribution is 0.0734. The first-order valence-electron chi connectivity index (χ1n) is 13.5. The molecule has 37 heavy (non-hydrogen) atoms. The van der Waals surface area contributed by atoms with Crippen LogP contribution in [0.1, 0.15) is 92.6 Å². The van der Waals surface area contributed by atoms with E-state index in [4.69, 9.17) is 4.74 Å². The van der Waals surface area contributed by atoms with Gasteiger partial charge in [-0.05, 0) is 91.3 Å². The fraction of sp³-hybridized carbons (Fsp3) is 0.406. The maximum Gasteiger partial charge on any atom is 0.343 e. The van der Waals surface area contributed by atoms with Gasteiger partial charge in [0.25, 0.3) is 0 Å². The number of carbonyl (C=O) groups excluding carboxylic acids is 1. The molecule has 0 atom stereocenters. The van der Waals surface area contributed by atoms with Crippen molar-refractivity contribution in [3.63, 3.8) is 0 Å². The van der Waals surface area contributed by atoms with Gasteiger partial charge in [0.1, 0.15) is 11.6 Å². The maximum atomic E-state index is 15.1. The molecule has 1 fully saturated rings. The summed E-state index contributed by atoms with van der Waals surface area (Å²) in [7, 11) is 0. The lowest BCUT2D eigenvalue weighted by Gasteiger charge is -2.29. The monoisotopic (exact) mass is 508 g/mol. The van der Waals surface area contributed by atoms with Gasteiger partial charge in [-0.15, -0.1) is 0 Å². The zero-order chi connectivity index (χ0) is 26.4. The molecule has 3 aromatic rings. The van der Waals surface area contributed by atoms with E-state index >= 15 is 8.78 Å². The lowest BCUT2D eigenvalue weighted by atomic mass is 9.77. The van der Waals surface area contributed by atoms with Crippen LogP contribution in [-0.2, 0) is 6.42 Å². The smallest absolute Gasteiger partial charge is 0.343 e. The number of hydrogen-bond donors (Lipinski definition) is 0. The Morgan fingerprint density at radius 2 is 1.59 bits per heavy atom. The first kappa shape index (κ1) is 27.0. The van der Waals surface area contributed by atoms with E-state index in [9.17, 15) is 9.18 Å². The molecule has 0 amide bonds. The highest BCUT2D eigenvalue weighted by Crippen LogP contribution is 2.40. The van der Waals surface area contributed by atoms with Crippen molar-refractivity contribution in [2.45, 2.75) is 77.6 Å². The maximum absolute atomic E-state index is 15.1. The fourth-order valence-corrected chi connectivity index (χ4v) is 5.39. The van der Waals surface area contributed by atoms with Gasteiger partial charge in [-0.3, -0.25) is 0 Å². The first-order chi connectivity index (χ1) is 17.9. The third-order valence-electron chi connectivity index (χ3n) is 7.56. The molecular weight excluding hydrogens is 473 g/mol. The zero-order valence-electron chi connectivity index (χ0n) is 21.7. The van der Waals surface area contributed by atoms with E-state index in [1.807, 2.05) is 6.92 Å². The van der Waals surface area contributed by atoms with Gasteiger partial charge in [-0.2, -0.15) is 0 Å². The normalized spacial score (nSPS) is 17.5. The summed E-state index contributed by atoms with van der Waals surface area (Å²) in [5.41, 5.74) is 1.82. The minimum absolute atomic E-state index is 0.0593. The van der Waals surface area contributed by atoms with Crippen LogP contribution in [0.25, 0.3) is 11.1 Å². The molecule has 0 aromatic heterocycles. The van der Waals surface area contributed by atoms with E-state index in [-0.39, 0.29) is 22.8 Å². The molecule has 4 rings (SSSR count). The molecule has 0 unspecified atom stereocenters. The van der Waals surface area contributed by atoms with Crippen molar-refractivity contribution in [1.29, 1.82) is 0 Å². The molecule has 1 saturated carbocycles. The van der Waals surface area contributed by atoms with Gasteiger partial charge in [-0.1, -0.05) is 63.4 Å². The summed E-state index contributed by atoms with van der Waals surface area (Å²) in [6.45, 7) is 4.22. The average molecular weight is 509 g/mol. The molecule has 0 spiro atoms. The van der Waals surface area contributed by atoms with Crippen molar-refractivity contribution in [2.75, 3.05) is 0 Å². The van der Waals surface area contributed by atoms with Gasteiger partial charge >= 0.3 is 5.97 Å². The predicted molar refractivity (Wildman–Crippen MR) is 141 cm³/mol. The second-order valence-electron chi connectivity index (χ2n) is 10.2. The summed E-state index contributed by atoms with van der Waals surface area (Å²) in [5, 5.41) is 0. The van der Waals surface area contributed by atoms with Crippen molar-refractivity contribution in [3.8, 4) is 16.9 Å². The van der Waals surface area contributed by atoms with Gasteiger partial charge in [0.15, 0.2) is 11.6 Å². The van der Waals surface area contributed by atoms with Gasteiger partial charge < -0.3 is 4.74 Å². The molecule has 2 nitrogen and oxygen atoms in total. The number of halogens is 3. The largest absolute Gasteiger partial charge is 0.423 e. The van der Waals surface area contributed by atoms with Crippen molar-refractivity contribution in [2.24, 2.45) is 5.92 Å². The molecular formula is C32H35F3O2. The summed E-state index contributed by atoms with van der Waals surface area (Å²) in [6.07, 6.45) is 8.75. The molecule has 3 aromatic carbocycles. The second kappa shape index (κ2) is 12.4. The SMILES string of the molecule is CCCCc1ccc(C(=O)Oc2ccc(-c3ccc(C4CCC(CCC)CC4)c(F)c3F)cc2)cc1F. The Labute approximate surface area is 217 Å². The van der Waals surface area contributed by atoms with Gasteiger partial charge in [-0.25, -0.2) is 18.0 Å². The fourth-order valence-electron chi connectivity index (χ4n) is 5.39. The van der Waals surface area contributed by atoms with Gasteiger partial charge in [0.05, 0.1) is 5.56 Å². The van der Waals surface area contributed by atoms with Crippen LogP contribution in [0.5, 0.6) is 5.75 Å². The number of carbonyl (C=O) groups is 1. The quantitative estimate of drug-likeness (QED) is 0.213. The van der Waals surface area contributed by atoms with Crippen molar-refractivity contribution >= 4 is 5.97 Å². The molecule has 1 aliphatic carbocycles. The summed E-state index contributed by atoms with van der Waals surface area (Å²) in [4.78, 5) is 12.5. The lowest BCUT2D eigenvalue weighted by Crippen LogP contribution is -2.15. The number of ether oxygens (including phenoxy) is 1. The van der Waals surface area contributed by atoms with Crippen molar-refractivity contribution < 1.29 is 22.7 Å². The van der Waals surface area contributed by atoms with E-state index in [1.165, 1.54) is 24.6 Å². The molecule has 0 heterocycles. The van der Waals surface area contributed by atoms with Crippen molar-refractivity contribution in [1.82, 2.24) is 0 Å². The van der Waals surface area contributed by atoms with E-state index in [2.05, 4.69) is 6.92 Å². The number of aryl methyl sites for hydroxylation is 1. The average Bonchev–Trinajstić information content (AvgIpc) is 2.91. The van der Waals surface area contributed by atoms with E-state index in [0.717, 1.165) is 44.9 Å². The van der Waals surface area contributed by atoms with Crippen LogP contribution in [0.2, 0.25) is 0 Å². The molecule has 0 saturated heterocycles. The molecule has 5 heteroatoms. The molecule has 196 valence electrons. The standard InChI is InChI=1S/C32H35F3O2/c1-3-5-7-24-12-13-25(20-29(24)33)32(36)37-26-16-14-23(15-17-26)28-19-18-27(30(34)31(28)35)22-10-8-21(6-4-2)9-11-22/h12-22H,3-11H2,1-2H3. The van der Waals surface area contributed by atoms with Crippen LogP contribution < -0.4 is 4.74 Å². The number of rotatable bonds is 9. The molecule has 0 N–H and O–H groups in total. The van der Waals surface area contributed by atoms with Crippen LogP contribution in [0.4, 0.5) is 13.2 Å². The van der Waals surface area contributed by atoms with Crippen LogP contribution in [0.15, 0.2) is 54.6 Å². The van der Waals surface area contributed by atoms with Crippen LogP contribution in [0, 0.1) is 23.4 Å². The number of benzene rings is 3. The van der Waals surface area contributed by atoms with Gasteiger partial charge in [0, 0.05) is 5.56 Å². The highest BCUT2D eigenvalue weighted by Gasteiger charge is 2.26. The Hall–Kier alpha value is -3.08. The summed E-state index contributed by atoms with van der Waals surface area (Å²) in [5.74, 6) is -1.72. The molecule has 0 bridgehead atoms. The van der Waals surface area contributed by atoms with Crippen LogP contribution in [-0.4, -0.2) is 5.97 Å². The molecule has 1 aliphatic rings. The van der Waals surface area contributed by atoms with E-state index < -0.39 is 23.4 Å². The molecule has 0 aliphatic heterocycles. The highest BCUT2D eigenvalue weighted by molar-refractivity contribution is 5.91. The topological polar surface area (TPSA) is 26.3 Å². The number of esters is 1. The van der Waals surface area contributed by atoms with E-state index in [0.29, 0.717) is 29.0 Å². The van der Waals surface area contributed by atoms with Crippen LogP contribution in [0.3, 0.4) is 0 Å². The van der Waals surface area contributed by atoms with E-state index in [1.54, 1.807) is 36.4 Å². The second-order valence-corrected chi connectivity index (χ2v) is 10.2. The Balaban J connectivity index is 1.43. The van der Waals surface area contributed by atoms with Gasteiger partial charge in [0.2, 0.25) is 0 Å². The summed E-state index contributed by atoms with van der Waals surface area (Å²) in [6, 6.07) is 13.9. The highest BCUT2D eigenvalue weighted by atomic mass is 19.2. The Bertz CT molecular complexity index is 1210. The Morgan fingerprint density at radius 1 is 0.865 bits per heavy atom. The third-order valence-corrected chi connectivity index (χ3v) is 7.56. The first-order valence-corrected chi connectivity index (χ1v) is 13.5. The predicted octanol–water partition coefficient (Wildman–Crippen LogP) is 9.41. The summed E-state index contributed by atoms with van der Waals surface area (Å²) < 4.78 is 49.8. The number of unbranched alkanes of at least 4 members (excludes halogenated alkanes) is 1. The third kappa shape index (κ3) is 6.44.